The van der Waals surface area contributed by atoms with Crippen LogP contribution in [-0.4, -0.2) is 28.8 Å². The van der Waals surface area contributed by atoms with Crippen LogP contribution in [0.25, 0.3) is 0 Å². The molecule has 1 aromatic rings. The maximum Gasteiger partial charge on any atom is 0.188 e. The van der Waals surface area contributed by atoms with E-state index in [1.165, 1.54) is 5.56 Å². The third-order valence-electron chi connectivity index (χ3n) is 2.20. The summed E-state index contributed by atoms with van der Waals surface area (Å²) in [5.74, 6) is 0.525. The molecule has 0 spiro atoms. The Balaban J connectivity index is 2.17. The van der Waals surface area contributed by atoms with E-state index in [0.29, 0.717) is 5.96 Å². The summed E-state index contributed by atoms with van der Waals surface area (Å²) >= 11 is 0. The van der Waals surface area contributed by atoms with Crippen molar-refractivity contribution >= 4 is 5.96 Å². The van der Waals surface area contributed by atoms with E-state index in [4.69, 9.17) is 5.73 Å². The number of aliphatic imine (C=N–C) groups is 1. The van der Waals surface area contributed by atoms with Crippen LogP contribution in [0.1, 0.15) is 25.3 Å². The number of guanidine groups is 1. The summed E-state index contributed by atoms with van der Waals surface area (Å²) in [6.45, 7) is 6.52. The number of nitrogens with zero attached hydrogens (tertiary/aromatic N) is 3. The first-order valence-corrected chi connectivity index (χ1v) is 5.75. The molecule has 0 aliphatic rings. The molecule has 3 N–H and O–H groups in total. The summed E-state index contributed by atoms with van der Waals surface area (Å²) in [7, 11) is 0. The molecule has 0 unspecified atom stereocenters. The van der Waals surface area contributed by atoms with Crippen molar-refractivity contribution in [3.8, 4) is 0 Å². The molecule has 0 atom stereocenters. The lowest BCUT2D eigenvalue weighted by Crippen LogP contribution is -2.34. The Morgan fingerprint density at radius 3 is 3.06 bits per heavy atom. The fourth-order valence-electron chi connectivity index (χ4n) is 1.30. The molecule has 0 saturated carbocycles. The van der Waals surface area contributed by atoms with E-state index in [0.717, 1.165) is 32.5 Å². The Morgan fingerprint density at radius 1 is 1.62 bits per heavy atom. The Kier molecular flexibility index (Phi) is 5.39. The fraction of sp³-hybridized carbons (Fsp3) is 0.636. The van der Waals surface area contributed by atoms with Gasteiger partial charge in [0.15, 0.2) is 5.96 Å². The van der Waals surface area contributed by atoms with Crippen LogP contribution in [0.5, 0.6) is 0 Å². The highest BCUT2D eigenvalue weighted by atomic mass is 15.3. The van der Waals surface area contributed by atoms with Crippen molar-refractivity contribution < 1.29 is 0 Å². The second kappa shape index (κ2) is 6.87. The molecule has 5 heteroatoms. The standard InChI is InChI=1S/C11H21N5/c1-3-4-5-13-11(12)14-6-7-16-9-10(2)8-15-16/h8-9H,3-7H2,1-2H3,(H3,12,13,14). The van der Waals surface area contributed by atoms with E-state index in [1.807, 2.05) is 24.0 Å². The predicted molar refractivity (Wildman–Crippen MR) is 66.4 cm³/mol. The molecule has 0 aliphatic carbocycles. The van der Waals surface area contributed by atoms with Crippen LogP contribution in [0.2, 0.25) is 0 Å². The number of rotatable bonds is 6. The zero-order valence-electron chi connectivity index (χ0n) is 10.1. The highest BCUT2D eigenvalue weighted by molar-refractivity contribution is 5.77. The lowest BCUT2D eigenvalue weighted by molar-refractivity contribution is 0.601. The summed E-state index contributed by atoms with van der Waals surface area (Å²) in [6, 6.07) is 0. The Labute approximate surface area is 96.7 Å². The number of hydrogen-bond acceptors (Lipinski definition) is 2. The normalized spacial score (nSPS) is 11.8. The van der Waals surface area contributed by atoms with Crippen LogP contribution >= 0.6 is 0 Å². The monoisotopic (exact) mass is 223 g/mol. The number of nitrogens with two attached hydrogens (primary N) is 1. The van der Waals surface area contributed by atoms with Crippen molar-refractivity contribution in [3.63, 3.8) is 0 Å². The van der Waals surface area contributed by atoms with Gasteiger partial charge in [0.25, 0.3) is 0 Å². The van der Waals surface area contributed by atoms with Crippen molar-refractivity contribution in [1.29, 1.82) is 0 Å². The molecule has 1 rings (SSSR count). The lowest BCUT2D eigenvalue weighted by atomic mass is 10.3. The molecule has 0 aliphatic heterocycles. The van der Waals surface area contributed by atoms with Gasteiger partial charge in [-0.2, -0.15) is 5.10 Å². The van der Waals surface area contributed by atoms with Gasteiger partial charge in [0.1, 0.15) is 0 Å². The Bertz CT molecular complexity index is 329. The SMILES string of the molecule is CCCCN=C(N)NCCn1cc(C)cn1. The van der Waals surface area contributed by atoms with Gasteiger partial charge < -0.3 is 11.1 Å². The summed E-state index contributed by atoms with van der Waals surface area (Å²) in [5.41, 5.74) is 6.86. The van der Waals surface area contributed by atoms with Crippen molar-refractivity contribution in [1.82, 2.24) is 15.1 Å². The van der Waals surface area contributed by atoms with Gasteiger partial charge in [0, 0.05) is 19.3 Å². The van der Waals surface area contributed by atoms with Crippen molar-refractivity contribution in [3.05, 3.63) is 18.0 Å². The quantitative estimate of drug-likeness (QED) is 0.427. The average molecular weight is 223 g/mol. The van der Waals surface area contributed by atoms with Gasteiger partial charge in [-0.15, -0.1) is 0 Å². The topological polar surface area (TPSA) is 68.2 Å². The molecule has 0 fully saturated rings. The third kappa shape index (κ3) is 4.82. The molecular formula is C11H21N5. The molecule has 0 bridgehead atoms. The van der Waals surface area contributed by atoms with Gasteiger partial charge in [-0.25, -0.2) is 0 Å². The van der Waals surface area contributed by atoms with Crippen molar-refractivity contribution in [2.75, 3.05) is 13.1 Å². The molecule has 0 saturated heterocycles. The number of unbranched alkanes of at least 4 members (excludes halogenated alkanes) is 1. The third-order valence-corrected chi connectivity index (χ3v) is 2.20. The average Bonchev–Trinajstić information content (AvgIpc) is 2.65. The minimum atomic E-state index is 0.525. The minimum Gasteiger partial charge on any atom is -0.370 e. The van der Waals surface area contributed by atoms with E-state index >= 15 is 0 Å². The van der Waals surface area contributed by atoms with Crippen molar-refractivity contribution in [2.45, 2.75) is 33.2 Å². The molecule has 5 nitrogen and oxygen atoms in total. The fourth-order valence-corrected chi connectivity index (χ4v) is 1.30. The highest BCUT2D eigenvalue weighted by Gasteiger charge is 1.94. The van der Waals surface area contributed by atoms with Gasteiger partial charge in [0.2, 0.25) is 0 Å². The highest BCUT2D eigenvalue weighted by Crippen LogP contribution is 1.92. The van der Waals surface area contributed by atoms with Crippen molar-refractivity contribution in [2.24, 2.45) is 10.7 Å². The number of aromatic nitrogens is 2. The van der Waals surface area contributed by atoms with Crippen LogP contribution in [0, 0.1) is 6.92 Å². The van der Waals surface area contributed by atoms with Crippen LogP contribution < -0.4 is 11.1 Å². The summed E-state index contributed by atoms with van der Waals surface area (Å²) in [5, 5.41) is 7.25. The Hall–Kier alpha value is -1.52. The minimum absolute atomic E-state index is 0.525. The van der Waals surface area contributed by atoms with E-state index in [2.05, 4.69) is 22.3 Å². The van der Waals surface area contributed by atoms with Crippen LogP contribution in [0.15, 0.2) is 17.4 Å². The van der Waals surface area contributed by atoms with E-state index in [1.54, 1.807) is 0 Å². The summed E-state index contributed by atoms with van der Waals surface area (Å²) in [6.07, 6.45) is 6.08. The van der Waals surface area contributed by atoms with Gasteiger partial charge in [-0.05, 0) is 18.9 Å². The zero-order valence-corrected chi connectivity index (χ0v) is 10.1. The summed E-state index contributed by atoms with van der Waals surface area (Å²) < 4.78 is 1.89. The first kappa shape index (κ1) is 12.5. The zero-order chi connectivity index (χ0) is 11.8. The number of nitrogens with one attached hydrogen (secondary N) is 1. The van der Waals surface area contributed by atoms with Gasteiger partial charge in [-0.3, -0.25) is 9.67 Å². The lowest BCUT2D eigenvalue weighted by Gasteiger charge is -2.05. The molecule has 90 valence electrons. The van der Waals surface area contributed by atoms with Crippen LogP contribution in [0.4, 0.5) is 0 Å². The van der Waals surface area contributed by atoms with E-state index < -0.39 is 0 Å². The number of aryl methyl sites for hydroxylation is 1. The Morgan fingerprint density at radius 2 is 2.44 bits per heavy atom. The van der Waals surface area contributed by atoms with Crippen LogP contribution in [-0.2, 0) is 6.54 Å². The van der Waals surface area contributed by atoms with E-state index in [9.17, 15) is 0 Å². The molecule has 0 radical (unpaired) electrons. The summed E-state index contributed by atoms with van der Waals surface area (Å²) in [4.78, 5) is 4.20. The van der Waals surface area contributed by atoms with Crippen LogP contribution in [0.3, 0.4) is 0 Å². The molecular weight excluding hydrogens is 202 g/mol. The molecule has 0 amide bonds. The maximum absolute atomic E-state index is 5.69. The smallest absolute Gasteiger partial charge is 0.188 e. The number of hydrogen-bond donors (Lipinski definition) is 2. The largest absolute Gasteiger partial charge is 0.370 e. The second-order valence-corrected chi connectivity index (χ2v) is 3.83. The van der Waals surface area contributed by atoms with Gasteiger partial charge in [0.05, 0.1) is 12.7 Å². The first-order chi connectivity index (χ1) is 7.72. The molecule has 16 heavy (non-hydrogen) atoms. The second-order valence-electron chi connectivity index (χ2n) is 3.83. The molecule has 0 aromatic carbocycles. The molecule has 1 heterocycles. The first-order valence-electron chi connectivity index (χ1n) is 5.75. The van der Waals surface area contributed by atoms with Gasteiger partial charge in [-0.1, -0.05) is 13.3 Å². The molecule has 1 aromatic heterocycles. The maximum atomic E-state index is 5.69. The van der Waals surface area contributed by atoms with Gasteiger partial charge >= 0.3 is 0 Å². The van der Waals surface area contributed by atoms with E-state index in [-0.39, 0.29) is 0 Å². The predicted octanol–water partition coefficient (Wildman–Crippen LogP) is 0.896.